The molecule has 1 saturated carbocycles. The van der Waals surface area contributed by atoms with Crippen LogP contribution in [0, 0.1) is 37.9 Å². The second-order valence-corrected chi connectivity index (χ2v) is 8.67. The number of anilines is 1. The van der Waals surface area contributed by atoms with E-state index in [0.717, 1.165) is 40.6 Å². The molecule has 1 aliphatic rings. The lowest BCUT2D eigenvalue weighted by Crippen LogP contribution is -2.19. The molecule has 1 aromatic carbocycles. The quantitative estimate of drug-likeness (QED) is 0.561. The molecule has 0 bridgehead atoms. The van der Waals surface area contributed by atoms with Gasteiger partial charge in [0.05, 0.1) is 11.3 Å². The predicted octanol–water partition coefficient (Wildman–Crippen LogP) is 4.13. The van der Waals surface area contributed by atoms with Crippen LogP contribution in [0.15, 0.2) is 29.4 Å². The molecule has 1 aliphatic carbocycles. The van der Waals surface area contributed by atoms with Gasteiger partial charge in [-0.1, -0.05) is 23.9 Å². The Labute approximate surface area is 184 Å². The molecular weight excluding hydrogens is 415 g/mol. The number of aromatic nitrogens is 4. The molecule has 160 valence electrons. The van der Waals surface area contributed by atoms with Crippen LogP contribution in [0.1, 0.15) is 47.1 Å². The van der Waals surface area contributed by atoms with Crippen molar-refractivity contribution < 1.29 is 9.18 Å². The summed E-state index contributed by atoms with van der Waals surface area (Å²) in [4.78, 5) is 12.8. The zero-order chi connectivity index (χ0) is 22.1. The lowest BCUT2D eigenvalue weighted by Gasteiger charge is -2.13. The van der Waals surface area contributed by atoms with E-state index in [2.05, 4.69) is 26.2 Å². The number of amides is 1. The Kier molecular flexibility index (Phi) is 5.83. The van der Waals surface area contributed by atoms with E-state index in [1.165, 1.54) is 23.9 Å². The molecule has 31 heavy (non-hydrogen) atoms. The van der Waals surface area contributed by atoms with Crippen molar-refractivity contribution in [3.05, 3.63) is 58.3 Å². The van der Waals surface area contributed by atoms with Gasteiger partial charge in [-0.05, 0) is 56.9 Å². The third kappa shape index (κ3) is 4.35. The van der Waals surface area contributed by atoms with Crippen LogP contribution in [0.4, 0.5) is 10.2 Å². The van der Waals surface area contributed by atoms with Gasteiger partial charge < -0.3 is 14.5 Å². The van der Waals surface area contributed by atoms with Crippen LogP contribution in [0.25, 0.3) is 0 Å². The van der Waals surface area contributed by atoms with Crippen molar-refractivity contribution in [2.45, 2.75) is 51.4 Å². The third-order valence-electron chi connectivity index (χ3n) is 5.53. The topological polar surface area (TPSA) is 88.5 Å². The summed E-state index contributed by atoms with van der Waals surface area (Å²) in [6, 6.07) is 8.84. The lowest BCUT2D eigenvalue weighted by molar-refractivity contribution is -0.113. The molecular formula is C22H23FN6OS. The Morgan fingerprint density at radius 1 is 1.26 bits per heavy atom. The molecule has 9 heteroatoms. The highest BCUT2D eigenvalue weighted by Gasteiger charge is 2.28. The summed E-state index contributed by atoms with van der Waals surface area (Å²) < 4.78 is 17.2. The van der Waals surface area contributed by atoms with Gasteiger partial charge in [-0.2, -0.15) is 5.26 Å². The van der Waals surface area contributed by atoms with E-state index in [-0.39, 0.29) is 17.5 Å². The molecule has 0 radical (unpaired) electrons. The first-order chi connectivity index (χ1) is 14.9. The van der Waals surface area contributed by atoms with Crippen molar-refractivity contribution in [2.75, 3.05) is 11.1 Å². The smallest absolute Gasteiger partial charge is 0.235 e. The summed E-state index contributed by atoms with van der Waals surface area (Å²) in [6.45, 7) is 6.11. The zero-order valence-corrected chi connectivity index (χ0v) is 18.5. The van der Waals surface area contributed by atoms with Crippen LogP contribution in [0.3, 0.4) is 0 Å². The summed E-state index contributed by atoms with van der Waals surface area (Å²) in [5.41, 5.74) is 3.02. The number of halogens is 1. The van der Waals surface area contributed by atoms with Crippen LogP contribution in [-0.2, 0) is 11.3 Å². The minimum Gasteiger partial charge on any atom is -0.326 e. The van der Waals surface area contributed by atoms with E-state index >= 15 is 0 Å². The fraction of sp³-hybridized carbons (Fsp3) is 0.364. The van der Waals surface area contributed by atoms with Crippen LogP contribution in [-0.4, -0.2) is 31.0 Å². The van der Waals surface area contributed by atoms with E-state index < -0.39 is 0 Å². The Morgan fingerprint density at radius 2 is 1.97 bits per heavy atom. The minimum atomic E-state index is -0.304. The van der Waals surface area contributed by atoms with Gasteiger partial charge in [0.25, 0.3) is 0 Å². The number of rotatable bonds is 7. The Morgan fingerprint density at radius 3 is 2.61 bits per heavy atom. The molecule has 0 unspecified atom stereocenters. The fourth-order valence-corrected chi connectivity index (χ4v) is 4.45. The van der Waals surface area contributed by atoms with Crippen molar-refractivity contribution in [3.8, 4) is 6.07 Å². The van der Waals surface area contributed by atoms with Gasteiger partial charge in [-0.25, -0.2) is 4.39 Å². The number of nitriles is 1. The van der Waals surface area contributed by atoms with Crippen LogP contribution < -0.4 is 5.32 Å². The first-order valence-corrected chi connectivity index (χ1v) is 11.1. The molecule has 2 aromatic heterocycles. The molecule has 1 fully saturated rings. The molecule has 1 amide bonds. The van der Waals surface area contributed by atoms with Crippen molar-refractivity contribution in [1.82, 2.24) is 19.3 Å². The van der Waals surface area contributed by atoms with Gasteiger partial charge in [0.1, 0.15) is 23.5 Å². The molecule has 0 saturated heterocycles. The largest absolute Gasteiger partial charge is 0.326 e. The van der Waals surface area contributed by atoms with Crippen LogP contribution in [0.5, 0.6) is 0 Å². The average molecular weight is 439 g/mol. The summed E-state index contributed by atoms with van der Waals surface area (Å²) in [5, 5.41) is 21.7. The van der Waals surface area contributed by atoms with Crippen molar-refractivity contribution in [2.24, 2.45) is 0 Å². The first kappa shape index (κ1) is 21.1. The number of nitrogens with zero attached hydrogens (tertiary/aromatic N) is 5. The van der Waals surface area contributed by atoms with E-state index in [9.17, 15) is 14.4 Å². The summed E-state index contributed by atoms with van der Waals surface area (Å²) >= 11 is 1.34. The number of thioether (sulfide) groups is 1. The minimum absolute atomic E-state index is 0.162. The van der Waals surface area contributed by atoms with Crippen LogP contribution in [0.2, 0.25) is 0 Å². The normalized spacial score (nSPS) is 13.3. The van der Waals surface area contributed by atoms with E-state index in [4.69, 9.17) is 0 Å². The molecule has 2 heterocycles. The molecule has 3 aromatic rings. The highest BCUT2D eigenvalue weighted by molar-refractivity contribution is 7.99. The van der Waals surface area contributed by atoms with Gasteiger partial charge in [-0.3, -0.25) is 4.79 Å². The highest BCUT2D eigenvalue weighted by atomic mass is 32.2. The standard InChI is InChI=1S/C22H23FN6OS/c1-13-14(2)28(11-16-4-6-17(23)7-5-16)21(19(13)10-24)25-20(30)12-31-22-27-26-15(3)29(22)18-8-9-18/h4-7,18H,8-9,11-12H2,1-3H3,(H,25,30). The van der Waals surface area contributed by atoms with Gasteiger partial charge in [0.2, 0.25) is 5.91 Å². The van der Waals surface area contributed by atoms with Crippen molar-refractivity contribution in [1.29, 1.82) is 5.26 Å². The molecule has 1 N–H and O–H groups in total. The molecule has 0 spiro atoms. The maximum atomic E-state index is 13.3. The maximum Gasteiger partial charge on any atom is 0.235 e. The summed E-state index contributed by atoms with van der Waals surface area (Å²) in [7, 11) is 0. The number of carbonyl (C=O) groups excluding carboxylic acids is 1. The third-order valence-corrected chi connectivity index (χ3v) is 6.48. The number of nitrogens with one attached hydrogen (secondary N) is 1. The van der Waals surface area contributed by atoms with Gasteiger partial charge in [-0.15, -0.1) is 10.2 Å². The Hall–Kier alpha value is -3.12. The Balaban J connectivity index is 1.53. The molecule has 0 aliphatic heterocycles. The monoisotopic (exact) mass is 438 g/mol. The van der Waals surface area contributed by atoms with Gasteiger partial charge >= 0.3 is 0 Å². The van der Waals surface area contributed by atoms with Gasteiger partial charge in [0, 0.05) is 18.3 Å². The second kappa shape index (κ2) is 8.55. The summed E-state index contributed by atoms with van der Waals surface area (Å²) in [6.07, 6.45) is 2.22. The zero-order valence-electron chi connectivity index (χ0n) is 17.6. The van der Waals surface area contributed by atoms with E-state index in [1.54, 1.807) is 12.1 Å². The van der Waals surface area contributed by atoms with Crippen molar-refractivity contribution in [3.63, 3.8) is 0 Å². The van der Waals surface area contributed by atoms with E-state index in [0.29, 0.717) is 24.0 Å². The number of benzene rings is 1. The molecule has 4 rings (SSSR count). The number of hydrogen-bond acceptors (Lipinski definition) is 5. The molecule has 7 nitrogen and oxygen atoms in total. The SMILES string of the molecule is Cc1c(C#N)c(NC(=O)CSc2nnc(C)n2C2CC2)n(Cc2ccc(F)cc2)c1C. The number of carbonyl (C=O) groups is 1. The van der Waals surface area contributed by atoms with Crippen LogP contribution >= 0.6 is 11.8 Å². The number of hydrogen-bond donors (Lipinski definition) is 1. The Bertz CT molecular complexity index is 1170. The van der Waals surface area contributed by atoms with E-state index in [1.807, 2.05) is 25.3 Å². The average Bonchev–Trinajstić information content (AvgIpc) is 3.48. The molecule has 0 atom stereocenters. The first-order valence-electron chi connectivity index (χ1n) is 10.1. The highest BCUT2D eigenvalue weighted by Crippen LogP contribution is 2.38. The number of aryl methyl sites for hydroxylation is 1. The van der Waals surface area contributed by atoms with Gasteiger partial charge in [0.15, 0.2) is 5.16 Å². The fourth-order valence-electron chi connectivity index (χ4n) is 3.60. The maximum absolute atomic E-state index is 13.3. The lowest BCUT2D eigenvalue weighted by atomic mass is 10.2. The predicted molar refractivity (Wildman–Crippen MR) is 117 cm³/mol. The van der Waals surface area contributed by atoms with Crippen molar-refractivity contribution >= 4 is 23.5 Å². The second-order valence-electron chi connectivity index (χ2n) is 7.73. The summed E-state index contributed by atoms with van der Waals surface area (Å²) in [5.74, 6) is 0.961.